The quantitative estimate of drug-likeness (QED) is 0.669. The van der Waals surface area contributed by atoms with Crippen LogP contribution >= 0.6 is 11.8 Å². The van der Waals surface area contributed by atoms with E-state index in [1.807, 2.05) is 0 Å². The number of aromatic hydroxyl groups is 1. The van der Waals surface area contributed by atoms with Gasteiger partial charge in [0.1, 0.15) is 5.75 Å². The highest BCUT2D eigenvalue weighted by Gasteiger charge is 2.17. The summed E-state index contributed by atoms with van der Waals surface area (Å²) in [6.45, 7) is 0. The van der Waals surface area contributed by atoms with Gasteiger partial charge in [-0.1, -0.05) is 11.8 Å². The summed E-state index contributed by atoms with van der Waals surface area (Å²) >= 11 is 1.16. The molecule has 0 unspecified atom stereocenters. The van der Waals surface area contributed by atoms with E-state index < -0.39 is 4.92 Å². The summed E-state index contributed by atoms with van der Waals surface area (Å²) in [7, 11) is 1.50. The summed E-state index contributed by atoms with van der Waals surface area (Å²) in [4.78, 5) is 23.3. The molecule has 2 N–H and O–H groups in total. The van der Waals surface area contributed by atoms with Crippen LogP contribution in [0.2, 0.25) is 0 Å². The number of phenolic OH excluding ortho intramolecular Hbond substituents is 1. The number of carbonyl (C=O) groups excluding carboxylic acids is 1. The molecule has 0 saturated heterocycles. The van der Waals surface area contributed by atoms with E-state index in [0.29, 0.717) is 10.5 Å². The van der Waals surface area contributed by atoms with Gasteiger partial charge >= 0.3 is 0 Å². The van der Waals surface area contributed by atoms with Gasteiger partial charge in [-0.3, -0.25) is 14.9 Å². The van der Waals surface area contributed by atoms with Crippen LogP contribution in [0, 0.1) is 10.1 Å². The smallest absolute Gasteiger partial charge is 0.283 e. The zero-order valence-electron chi connectivity index (χ0n) is 11.1. The van der Waals surface area contributed by atoms with E-state index in [9.17, 15) is 20.0 Å². The van der Waals surface area contributed by atoms with Crippen molar-refractivity contribution < 1.29 is 14.8 Å². The molecule has 0 aromatic heterocycles. The summed E-state index contributed by atoms with van der Waals surface area (Å²) in [5.41, 5.74) is 0.283. The molecule has 2 rings (SSSR count). The number of hydrogen-bond donors (Lipinski definition) is 2. The molecule has 7 heteroatoms. The third kappa shape index (κ3) is 3.51. The van der Waals surface area contributed by atoms with Crippen molar-refractivity contribution in [2.45, 2.75) is 9.79 Å². The minimum absolute atomic E-state index is 0.0688. The second-order valence-electron chi connectivity index (χ2n) is 4.11. The van der Waals surface area contributed by atoms with Gasteiger partial charge in [-0.05, 0) is 36.4 Å². The first kappa shape index (κ1) is 14.9. The Morgan fingerprint density at radius 3 is 2.48 bits per heavy atom. The van der Waals surface area contributed by atoms with Crippen molar-refractivity contribution in [3.8, 4) is 5.75 Å². The Labute approximate surface area is 125 Å². The second-order valence-corrected chi connectivity index (χ2v) is 5.23. The average Bonchev–Trinajstić information content (AvgIpc) is 2.48. The van der Waals surface area contributed by atoms with Gasteiger partial charge in [-0.2, -0.15) is 0 Å². The number of nitrogens with zero attached hydrogens (tertiary/aromatic N) is 1. The fraction of sp³-hybridized carbons (Fsp3) is 0.0714. The molecule has 0 atom stereocenters. The van der Waals surface area contributed by atoms with Gasteiger partial charge in [0.05, 0.1) is 9.82 Å². The summed E-state index contributed by atoms with van der Waals surface area (Å²) in [5, 5.41) is 22.8. The first-order chi connectivity index (χ1) is 10.0. The van der Waals surface area contributed by atoms with Crippen LogP contribution in [0.25, 0.3) is 0 Å². The van der Waals surface area contributed by atoms with Gasteiger partial charge in [0.2, 0.25) is 0 Å². The van der Waals surface area contributed by atoms with Crippen molar-refractivity contribution >= 4 is 23.4 Å². The Hall–Kier alpha value is -2.54. The van der Waals surface area contributed by atoms with E-state index in [1.54, 1.807) is 12.1 Å². The van der Waals surface area contributed by atoms with Crippen LogP contribution in [0.15, 0.2) is 52.3 Å². The summed E-state index contributed by atoms with van der Waals surface area (Å²) in [5.74, 6) is -0.189. The minimum atomic E-state index is -0.490. The van der Waals surface area contributed by atoms with Crippen molar-refractivity contribution in [3.63, 3.8) is 0 Å². The molecule has 0 aliphatic rings. The lowest BCUT2D eigenvalue weighted by atomic mass is 10.2. The average molecular weight is 304 g/mol. The van der Waals surface area contributed by atoms with Gasteiger partial charge in [0.15, 0.2) is 0 Å². The van der Waals surface area contributed by atoms with Crippen LogP contribution in [0.3, 0.4) is 0 Å². The predicted octanol–water partition coefficient (Wildman–Crippen LogP) is 2.81. The number of benzene rings is 2. The molecule has 0 radical (unpaired) electrons. The third-order valence-corrected chi connectivity index (χ3v) is 3.77. The number of carbonyl (C=O) groups is 1. The highest BCUT2D eigenvalue weighted by Crippen LogP contribution is 2.35. The van der Waals surface area contributed by atoms with Crippen LogP contribution in [-0.4, -0.2) is 23.0 Å². The van der Waals surface area contributed by atoms with E-state index in [1.165, 1.54) is 37.4 Å². The molecule has 1 amide bonds. The summed E-state index contributed by atoms with van der Waals surface area (Å²) < 4.78 is 0. The Balaban J connectivity index is 2.40. The molecule has 0 spiro atoms. The van der Waals surface area contributed by atoms with Gasteiger partial charge in [-0.25, -0.2) is 0 Å². The number of amides is 1. The van der Waals surface area contributed by atoms with Crippen LogP contribution < -0.4 is 5.32 Å². The van der Waals surface area contributed by atoms with Gasteiger partial charge in [0.25, 0.3) is 11.6 Å². The van der Waals surface area contributed by atoms with Crippen molar-refractivity contribution in [2.75, 3.05) is 7.05 Å². The maximum atomic E-state index is 11.6. The lowest BCUT2D eigenvalue weighted by Crippen LogP contribution is -2.17. The molecule has 0 fully saturated rings. The maximum absolute atomic E-state index is 11.6. The predicted molar refractivity (Wildman–Crippen MR) is 78.7 cm³/mol. The van der Waals surface area contributed by atoms with Crippen LogP contribution in [0.5, 0.6) is 5.75 Å². The maximum Gasteiger partial charge on any atom is 0.283 e. The first-order valence-electron chi connectivity index (χ1n) is 5.98. The first-order valence-corrected chi connectivity index (χ1v) is 6.80. The topological polar surface area (TPSA) is 92.5 Å². The number of phenols is 1. The normalized spacial score (nSPS) is 10.1. The monoisotopic (exact) mass is 304 g/mol. The van der Waals surface area contributed by atoms with Crippen molar-refractivity contribution in [3.05, 3.63) is 58.1 Å². The Morgan fingerprint density at radius 2 is 1.90 bits per heavy atom. The molecule has 21 heavy (non-hydrogen) atoms. The minimum Gasteiger partial charge on any atom is -0.508 e. The van der Waals surface area contributed by atoms with Crippen molar-refractivity contribution in [1.82, 2.24) is 5.32 Å². The second kappa shape index (κ2) is 6.27. The molecule has 2 aromatic rings. The molecule has 0 aliphatic heterocycles. The summed E-state index contributed by atoms with van der Waals surface area (Å²) in [6, 6.07) is 10.5. The number of nitrogens with one attached hydrogen (secondary N) is 1. The fourth-order valence-corrected chi connectivity index (χ4v) is 2.63. The number of nitro groups is 1. The standard InChI is InChI=1S/C14H12N2O4S/c1-15-14(18)9-2-7-12(16(19)20)13(8-9)21-11-5-3-10(17)4-6-11/h2-8,17H,1H3,(H,15,18). The van der Waals surface area contributed by atoms with Crippen LogP contribution in [0.4, 0.5) is 5.69 Å². The summed E-state index contributed by atoms with van der Waals surface area (Å²) in [6.07, 6.45) is 0. The van der Waals surface area contributed by atoms with Crippen LogP contribution in [-0.2, 0) is 0 Å². The highest BCUT2D eigenvalue weighted by atomic mass is 32.2. The van der Waals surface area contributed by atoms with E-state index in [2.05, 4.69) is 5.32 Å². The molecule has 0 saturated carbocycles. The Kier molecular flexibility index (Phi) is 4.44. The lowest BCUT2D eigenvalue weighted by Gasteiger charge is -2.06. The third-order valence-electron chi connectivity index (χ3n) is 2.71. The van der Waals surface area contributed by atoms with E-state index in [-0.39, 0.29) is 17.3 Å². The number of nitro benzene ring substituents is 1. The Bertz CT molecular complexity index is 686. The number of rotatable bonds is 4. The number of hydrogen-bond acceptors (Lipinski definition) is 5. The largest absolute Gasteiger partial charge is 0.508 e. The molecule has 0 heterocycles. The van der Waals surface area contributed by atoms with Gasteiger partial charge in [-0.15, -0.1) is 0 Å². The molecule has 0 aliphatic carbocycles. The molecule has 2 aromatic carbocycles. The molecule has 6 nitrogen and oxygen atoms in total. The SMILES string of the molecule is CNC(=O)c1ccc([N+](=O)[O-])c(Sc2ccc(O)cc2)c1. The molecular formula is C14H12N2O4S. The lowest BCUT2D eigenvalue weighted by molar-refractivity contribution is -0.387. The van der Waals surface area contributed by atoms with Gasteiger partial charge < -0.3 is 10.4 Å². The molecule has 108 valence electrons. The van der Waals surface area contributed by atoms with E-state index >= 15 is 0 Å². The zero-order chi connectivity index (χ0) is 15.4. The van der Waals surface area contributed by atoms with Crippen molar-refractivity contribution in [1.29, 1.82) is 0 Å². The highest BCUT2D eigenvalue weighted by molar-refractivity contribution is 7.99. The van der Waals surface area contributed by atoms with Crippen molar-refractivity contribution in [2.24, 2.45) is 0 Å². The fourth-order valence-electron chi connectivity index (χ4n) is 1.67. The molecular weight excluding hydrogens is 292 g/mol. The zero-order valence-corrected chi connectivity index (χ0v) is 11.9. The Morgan fingerprint density at radius 1 is 1.24 bits per heavy atom. The molecule has 0 bridgehead atoms. The van der Waals surface area contributed by atoms with Crippen LogP contribution in [0.1, 0.15) is 10.4 Å². The van der Waals surface area contributed by atoms with E-state index in [0.717, 1.165) is 16.7 Å². The van der Waals surface area contributed by atoms with E-state index in [4.69, 9.17) is 0 Å². The van der Waals surface area contributed by atoms with Gasteiger partial charge in [0, 0.05) is 23.6 Å².